The van der Waals surface area contributed by atoms with Crippen molar-refractivity contribution in [3.8, 4) is 0 Å². The lowest BCUT2D eigenvalue weighted by atomic mass is 10.5. The first-order valence-electron chi connectivity index (χ1n) is 5.77. The third-order valence-electron chi connectivity index (χ3n) is 2.48. The van der Waals surface area contributed by atoms with E-state index in [2.05, 4.69) is 10.3 Å². The van der Waals surface area contributed by atoms with Crippen molar-refractivity contribution < 1.29 is 14.7 Å². The maximum absolute atomic E-state index is 11.6. The Hall–Kier alpha value is -1.70. The fourth-order valence-corrected chi connectivity index (χ4v) is 1.81. The number of aromatic carboxylic acids is 1. The molecular weight excluding hydrogens is 268 g/mol. The average Bonchev–Trinajstić information content (AvgIpc) is 2.84. The number of urea groups is 1. The number of carboxylic acids is 1. The maximum atomic E-state index is 11.6. The van der Waals surface area contributed by atoms with E-state index in [1.165, 1.54) is 12.5 Å². The third-order valence-corrected chi connectivity index (χ3v) is 3.07. The standard InChI is InChI=1S/C11H18N4O3S/c1-14(5-6-19-2)11(18)12-3-4-15-7-9(10(16)17)13-8-15/h7-8H,3-6H2,1-2H3,(H,12,18)(H,16,17). The van der Waals surface area contributed by atoms with Crippen LogP contribution in [0.1, 0.15) is 10.5 Å². The summed E-state index contributed by atoms with van der Waals surface area (Å²) in [6, 6.07) is -0.132. The second-order valence-electron chi connectivity index (χ2n) is 3.95. The second-order valence-corrected chi connectivity index (χ2v) is 4.93. The highest BCUT2D eigenvalue weighted by Gasteiger charge is 2.08. The first-order valence-corrected chi connectivity index (χ1v) is 7.17. The lowest BCUT2D eigenvalue weighted by Crippen LogP contribution is -2.39. The van der Waals surface area contributed by atoms with Crippen LogP contribution in [0.4, 0.5) is 4.79 Å². The van der Waals surface area contributed by atoms with E-state index in [1.54, 1.807) is 28.3 Å². The molecule has 0 saturated heterocycles. The molecule has 1 aromatic heterocycles. The number of carboxylic acid groups (broad SMARTS) is 1. The van der Waals surface area contributed by atoms with Crippen LogP contribution < -0.4 is 5.32 Å². The monoisotopic (exact) mass is 286 g/mol. The summed E-state index contributed by atoms with van der Waals surface area (Å²) in [6.07, 6.45) is 4.86. The molecule has 0 aliphatic rings. The molecule has 0 spiro atoms. The van der Waals surface area contributed by atoms with Gasteiger partial charge in [0.2, 0.25) is 0 Å². The van der Waals surface area contributed by atoms with Gasteiger partial charge < -0.3 is 19.9 Å². The molecule has 19 heavy (non-hydrogen) atoms. The van der Waals surface area contributed by atoms with Gasteiger partial charge in [-0.2, -0.15) is 11.8 Å². The number of carbonyl (C=O) groups is 2. The van der Waals surface area contributed by atoms with E-state index in [1.807, 2.05) is 6.26 Å². The highest BCUT2D eigenvalue weighted by atomic mass is 32.2. The molecule has 2 amide bonds. The lowest BCUT2D eigenvalue weighted by Gasteiger charge is -2.17. The highest BCUT2D eigenvalue weighted by molar-refractivity contribution is 7.98. The van der Waals surface area contributed by atoms with Crippen LogP contribution in [0.3, 0.4) is 0 Å². The lowest BCUT2D eigenvalue weighted by molar-refractivity contribution is 0.0691. The summed E-state index contributed by atoms with van der Waals surface area (Å²) in [7, 11) is 1.74. The number of carbonyl (C=O) groups excluding carboxylic acids is 1. The summed E-state index contributed by atoms with van der Waals surface area (Å²) >= 11 is 1.68. The topological polar surface area (TPSA) is 87.5 Å². The van der Waals surface area contributed by atoms with E-state index in [0.29, 0.717) is 19.6 Å². The van der Waals surface area contributed by atoms with Crippen LogP contribution in [0, 0.1) is 0 Å². The zero-order valence-electron chi connectivity index (χ0n) is 11.0. The number of rotatable bonds is 7. The van der Waals surface area contributed by atoms with Crippen molar-refractivity contribution >= 4 is 23.8 Å². The number of thioether (sulfide) groups is 1. The quantitative estimate of drug-likeness (QED) is 0.766. The Morgan fingerprint density at radius 2 is 2.32 bits per heavy atom. The van der Waals surface area contributed by atoms with Gasteiger partial charge in [0.1, 0.15) is 0 Å². The van der Waals surface area contributed by atoms with Gasteiger partial charge in [-0.3, -0.25) is 0 Å². The predicted molar refractivity (Wildman–Crippen MR) is 73.6 cm³/mol. The molecule has 0 aliphatic heterocycles. The molecule has 0 atom stereocenters. The molecule has 1 aromatic rings. The summed E-state index contributed by atoms with van der Waals surface area (Å²) in [5.41, 5.74) is 0.00316. The minimum atomic E-state index is -1.06. The molecular formula is C11H18N4O3S. The molecule has 2 N–H and O–H groups in total. The maximum Gasteiger partial charge on any atom is 0.356 e. The zero-order chi connectivity index (χ0) is 14.3. The van der Waals surface area contributed by atoms with Gasteiger partial charge in [-0.25, -0.2) is 14.6 Å². The minimum Gasteiger partial charge on any atom is -0.476 e. The fraction of sp³-hybridized carbons (Fsp3) is 0.545. The average molecular weight is 286 g/mol. The van der Waals surface area contributed by atoms with Crippen LogP contribution in [0.15, 0.2) is 12.5 Å². The summed E-state index contributed by atoms with van der Waals surface area (Å²) in [6.45, 7) is 1.61. The molecule has 7 nitrogen and oxygen atoms in total. The number of imidazole rings is 1. The van der Waals surface area contributed by atoms with Gasteiger partial charge in [0.25, 0.3) is 0 Å². The molecule has 8 heteroatoms. The van der Waals surface area contributed by atoms with E-state index in [9.17, 15) is 9.59 Å². The van der Waals surface area contributed by atoms with Crippen molar-refractivity contribution in [1.82, 2.24) is 19.8 Å². The Balaban J connectivity index is 2.29. The molecule has 1 heterocycles. The Morgan fingerprint density at radius 1 is 1.58 bits per heavy atom. The van der Waals surface area contributed by atoms with Gasteiger partial charge in [-0.15, -0.1) is 0 Å². The normalized spacial score (nSPS) is 10.2. The van der Waals surface area contributed by atoms with Gasteiger partial charge in [0.05, 0.1) is 6.33 Å². The van der Waals surface area contributed by atoms with E-state index in [4.69, 9.17) is 5.11 Å². The summed E-state index contributed by atoms with van der Waals surface area (Å²) in [5.74, 6) is -0.160. The Kier molecular flexibility index (Phi) is 6.20. The number of hydrogen-bond donors (Lipinski definition) is 2. The van der Waals surface area contributed by atoms with Gasteiger partial charge in [-0.1, -0.05) is 0 Å². The smallest absolute Gasteiger partial charge is 0.356 e. The van der Waals surface area contributed by atoms with E-state index < -0.39 is 5.97 Å². The van der Waals surface area contributed by atoms with Gasteiger partial charge in [0, 0.05) is 38.6 Å². The van der Waals surface area contributed by atoms with E-state index in [-0.39, 0.29) is 11.7 Å². The van der Waals surface area contributed by atoms with Crippen molar-refractivity contribution in [2.75, 3.05) is 32.1 Å². The minimum absolute atomic E-state index is 0.00316. The van der Waals surface area contributed by atoms with Crippen LogP contribution in [-0.2, 0) is 6.54 Å². The van der Waals surface area contributed by atoms with Gasteiger partial charge >= 0.3 is 12.0 Å². The molecule has 0 fully saturated rings. The summed E-state index contributed by atoms with van der Waals surface area (Å²) in [4.78, 5) is 27.6. The molecule has 0 aliphatic carbocycles. The molecule has 0 saturated carbocycles. The van der Waals surface area contributed by atoms with Crippen molar-refractivity contribution in [2.24, 2.45) is 0 Å². The Bertz CT molecular complexity index is 435. The number of nitrogens with zero attached hydrogens (tertiary/aromatic N) is 3. The van der Waals surface area contributed by atoms with Gasteiger partial charge in [0.15, 0.2) is 5.69 Å². The molecule has 106 valence electrons. The van der Waals surface area contributed by atoms with Crippen molar-refractivity contribution in [3.63, 3.8) is 0 Å². The van der Waals surface area contributed by atoms with Crippen molar-refractivity contribution in [3.05, 3.63) is 18.2 Å². The van der Waals surface area contributed by atoms with Crippen molar-refractivity contribution in [2.45, 2.75) is 6.54 Å². The van der Waals surface area contributed by atoms with Crippen LogP contribution in [-0.4, -0.2) is 63.7 Å². The summed E-state index contributed by atoms with van der Waals surface area (Å²) < 4.78 is 1.63. The summed E-state index contributed by atoms with van der Waals surface area (Å²) in [5, 5.41) is 11.5. The molecule has 0 radical (unpaired) electrons. The largest absolute Gasteiger partial charge is 0.476 e. The van der Waals surface area contributed by atoms with Crippen LogP contribution in [0.2, 0.25) is 0 Å². The highest BCUT2D eigenvalue weighted by Crippen LogP contribution is 1.96. The molecule has 0 aromatic carbocycles. The number of amides is 2. The first-order chi connectivity index (χ1) is 9.04. The third kappa shape index (κ3) is 5.21. The number of nitrogens with one attached hydrogen (secondary N) is 1. The van der Waals surface area contributed by atoms with E-state index in [0.717, 1.165) is 5.75 Å². The van der Waals surface area contributed by atoms with Crippen LogP contribution >= 0.6 is 11.8 Å². The van der Waals surface area contributed by atoms with Crippen molar-refractivity contribution in [1.29, 1.82) is 0 Å². The van der Waals surface area contributed by atoms with Crippen LogP contribution in [0.25, 0.3) is 0 Å². The van der Waals surface area contributed by atoms with Crippen LogP contribution in [0.5, 0.6) is 0 Å². The second kappa shape index (κ2) is 7.67. The molecule has 1 rings (SSSR count). The molecule has 0 bridgehead atoms. The number of aromatic nitrogens is 2. The predicted octanol–water partition coefficient (Wildman–Crippen LogP) is 0.586. The van der Waals surface area contributed by atoms with Gasteiger partial charge in [-0.05, 0) is 6.26 Å². The first kappa shape index (κ1) is 15.4. The number of hydrogen-bond acceptors (Lipinski definition) is 4. The SMILES string of the molecule is CSCCN(C)C(=O)NCCn1cnc(C(=O)O)c1. The zero-order valence-corrected chi connectivity index (χ0v) is 11.8. The Morgan fingerprint density at radius 3 is 2.89 bits per heavy atom. The fourth-order valence-electron chi connectivity index (χ4n) is 1.35. The molecule has 0 unspecified atom stereocenters. The van der Waals surface area contributed by atoms with E-state index >= 15 is 0 Å². The Labute approximate surface area is 116 Å².